The number of primary amides is 1. The number of likely N-dealkylation sites (N-methyl/N-ethyl adjacent to an activating group) is 1. The van der Waals surface area contributed by atoms with Crippen molar-refractivity contribution >= 4 is 17.5 Å². The maximum Gasteiger partial charge on any atom is 0.255 e. The van der Waals surface area contributed by atoms with Crippen molar-refractivity contribution in [2.24, 2.45) is 17.6 Å². The SMILES string of the molecule is CCN(C)[C@@H]1C(O)=C(C(N)=O)C(=O)[C@@]2(O)C(O)=C3C(=O)c4c(O)ccc(F)c4C[C@H]3C[C@@H]12. The fraction of sp³-hybridized carbons (Fsp3) is 0.409. The number of fused-ring (bicyclic) bond motifs is 3. The minimum absolute atomic E-state index is 0.0258. The second-order valence-corrected chi connectivity index (χ2v) is 8.49. The third-order valence-electron chi connectivity index (χ3n) is 6.97. The van der Waals surface area contributed by atoms with Crippen LogP contribution in [0.25, 0.3) is 0 Å². The van der Waals surface area contributed by atoms with Crippen molar-refractivity contribution in [3.63, 3.8) is 0 Å². The van der Waals surface area contributed by atoms with E-state index in [-0.39, 0.29) is 29.5 Å². The number of carbonyl (C=O) groups is 3. The lowest BCUT2D eigenvalue weighted by atomic mass is 9.58. The number of rotatable bonds is 3. The second kappa shape index (κ2) is 7.14. The van der Waals surface area contributed by atoms with Gasteiger partial charge in [0.1, 0.15) is 28.7 Å². The number of ketones is 2. The number of Topliss-reactive ketones (excluding diaryl/α,β-unsaturated/α-hetero) is 2. The first kappa shape index (κ1) is 22.0. The summed E-state index contributed by atoms with van der Waals surface area (Å²) in [6.45, 7) is 2.09. The third kappa shape index (κ3) is 2.66. The number of hydrogen-bond acceptors (Lipinski definition) is 8. The molecule has 0 fully saturated rings. The number of carbonyl (C=O) groups excluding carboxylic acids is 3. The summed E-state index contributed by atoms with van der Waals surface area (Å²) in [5.74, 6) is -8.23. The summed E-state index contributed by atoms with van der Waals surface area (Å²) >= 11 is 0. The number of aliphatic hydroxyl groups is 3. The molecule has 0 heterocycles. The molecule has 1 aromatic carbocycles. The van der Waals surface area contributed by atoms with E-state index in [1.54, 1.807) is 18.9 Å². The maximum atomic E-state index is 14.5. The van der Waals surface area contributed by atoms with Gasteiger partial charge in [0.2, 0.25) is 5.78 Å². The van der Waals surface area contributed by atoms with Gasteiger partial charge in [0.05, 0.1) is 11.6 Å². The highest BCUT2D eigenvalue weighted by molar-refractivity contribution is 6.24. The highest BCUT2D eigenvalue weighted by atomic mass is 19.1. The van der Waals surface area contributed by atoms with Crippen LogP contribution >= 0.6 is 0 Å². The van der Waals surface area contributed by atoms with Gasteiger partial charge in [0.15, 0.2) is 11.4 Å². The molecule has 4 atom stereocenters. The number of nitrogens with two attached hydrogens (primary N) is 1. The van der Waals surface area contributed by atoms with E-state index in [1.165, 1.54) is 0 Å². The topological polar surface area (TPSA) is 161 Å². The molecule has 170 valence electrons. The Kier molecular flexibility index (Phi) is 4.90. The first-order valence-electron chi connectivity index (χ1n) is 10.2. The predicted molar refractivity (Wildman–Crippen MR) is 108 cm³/mol. The molecule has 4 rings (SSSR count). The summed E-state index contributed by atoms with van der Waals surface area (Å²) in [5.41, 5.74) is 1.04. The summed E-state index contributed by atoms with van der Waals surface area (Å²) in [7, 11) is 1.59. The number of hydrogen-bond donors (Lipinski definition) is 5. The van der Waals surface area contributed by atoms with Crippen molar-refractivity contribution in [1.29, 1.82) is 0 Å². The number of phenolic OH excluding ortho intramolecular Hbond substituents is 1. The molecule has 0 bridgehead atoms. The van der Waals surface area contributed by atoms with E-state index in [9.17, 15) is 39.2 Å². The Labute approximate surface area is 182 Å². The van der Waals surface area contributed by atoms with E-state index in [0.717, 1.165) is 12.1 Å². The van der Waals surface area contributed by atoms with E-state index in [1.807, 2.05) is 0 Å². The largest absolute Gasteiger partial charge is 0.510 e. The number of benzene rings is 1. The van der Waals surface area contributed by atoms with Crippen LogP contribution < -0.4 is 5.73 Å². The lowest BCUT2D eigenvalue weighted by Crippen LogP contribution is -2.64. The van der Waals surface area contributed by atoms with Crippen LogP contribution in [-0.4, -0.2) is 68.0 Å². The molecule has 6 N–H and O–H groups in total. The van der Waals surface area contributed by atoms with E-state index < -0.39 is 69.6 Å². The minimum atomic E-state index is -2.70. The number of halogens is 1. The van der Waals surface area contributed by atoms with Crippen LogP contribution in [0.3, 0.4) is 0 Å². The summed E-state index contributed by atoms with van der Waals surface area (Å²) in [4.78, 5) is 39.9. The van der Waals surface area contributed by atoms with Crippen molar-refractivity contribution in [2.75, 3.05) is 13.6 Å². The molecule has 0 aromatic heterocycles. The number of aliphatic hydroxyl groups excluding tert-OH is 2. The molecule has 32 heavy (non-hydrogen) atoms. The highest BCUT2D eigenvalue weighted by Gasteiger charge is 2.63. The number of nitrogens with zero attached hydrogens (tertiary/aromatic N) is 1. The standard InChI is InChI=1S/C22H23FN2O7/c1-3-25(2)16-10-7-8-6-9-11(23)4-5-12(26)14(9)17(27)13(8)19(29)22(10,32)20(30)15(18(16)28)21(24)31/h4-5,8,10,16,26,28-29,32H,3,6-7H2,1-2H3,(H2,24,31)/t8-,10-,16-,22-/m0/s1. The average Bonchev–Trinajstić information content (AvgIpc) is 2.72. The van der Waals surface area contributed by atoms with Crippen LogP contribution in [0.2, 0.25) is 0 Å². The van der Waals surface area contributed by atoms with Crippen LogP contribution in [0.15, 0.2) is 34.8 Å². The van der Waals surface area contributed by atoms with Gasteiger partial charge < -0.3 is 26.2 Å². The average molecular weight is 446 g/mol. The van der Waals surface area contributed by atoms with E-state index in [2.05, 4.69) is 0 Å². The molecule has 0 saturated heterocycles. The summed E-state index contributed by atoms with van der Waals surface area (Å²) in [5, 5.41) is 43.5. The van der Waals surface area contributed by atoms with Crippen molar-refractivity contribution in [3.05, 3.63) is 51.7 Å². The smallest absolute Gasteiger partial charge is 0.255 e. The van der Waals surface area contributed by atoms with Gasteiger partial charge in [-0.05, 0) is 44.5 Å². The van der Waals surface area contributed by atoms with Gasteiger partial charge in [-0.15, -0.1) is 0 Å². The van der Waals surface area contributed by atoms with E-state index in [4.69, 9.17) is 5.73 Å². The third-order valence-corrected chi connectivity index (χ3v) is 6.97. The molecule has 0 aliphatic heterocycles. The Balaban J connectivity index is 1.98. The first-order valence-corrected chi connectivity index (χ1v) is 10.2. The molecule has 0 spiro atoms. The Morgan fingerprint density at radius 1 is 1.28 bits per heavy atom. The summed E-state index contributed by atoms with van der Waals surface area (Å²) in [6, 6.07) is 0.967. The van der Waals surface area contributed by atoms with E-state index in [0.29, 0.717) is 6.54 Å². The normalized spacial score (nSPS) is 29.7. The molecular formula is C22H23FN2O7. The van der Waals surface area contributed by atoms with E-state index >= 15 is 0 Å². The maximum absolute atomic E-state index is 14.5. The fourth-order valence-electron chi connectivity index (χ4n) is 5.32. The summed E-state index contributed by atoms with van der Waals surface area (Å²) in [6.07, 6.45) is -0.149. The lowest BCUT2D eigenvalue weighted by molar-refractivity contribution is -0.148. The number of amides is 1. The zero-order chi connectivity index (χ0) is 23.7. The molecule has 0 radical (unpaired) electrons. The van der Waals surface area contributed by atoms with Gasteiger partial charge >= 0.3 is 0 Å². The minimum Gasteiger partial charge on any atom is -0.510 e. The van der Waals surface area contributed by atoms with Crippen LogP contribution in [0.1, 0.15) is 29.3 Å². The highest BCUT2D eigenvalue weighted by Crippen LogP contribution is 2.52. The molecule has 1 amide bonds. The summed E-state index contributed by atoms with van der Waals surface area (Å²) < 4.78 is 14.5. The Morgan fingerprint density at radius 3 is 2.53 bits per heavy atom. The number of aromatic hydroxyl groups is 1. The van der Waals surface area contributed by atoms with Crippen LogP contribution in [0.5, 0.6) is 5.75 Å². The van der Waals surface area contributed by atoms with Crippen molar-refractivity contribution < 1.29 is 39.2 Å². The number of phenols is 1. The van der Waals surface area contributed by atoms with Gasteiger partial charge in [0, 0.05) is 17.1 Å². The van der Waals surface area contributed by atoms with Gasteiger partial charge in [-0.25, -0.2) is 4.39 Å². The quantitative estimate of drug-likeness (QED) is 0.423. The lowest BCUT2D eigenvalue weighted by Gasteiger charge is -2.50. The zero-order valence-corrected chi connectivity index (χ0v) is 17.4. The first-order chi connectivity index (χ1) is 15.0. The van der Waals surface area contributed by atoms with Gasteiger partial charge in [-0.1, -0.05) is 6.92 Å². The van der Waals surface area contributed by atoms with Gasteiger partial charge in [-0.3, -0.25) is 19.3 Å². The van der Waals surface area contributed by atoms with Crippen LogP contribution in [0.4, 0.5) is 4.39 Å². The molecular weight excluding hydrogens is 423 g/mol. The Hall–Kier alpha value is -3.24. The Morgan fingerprint density at radius 2 is 1.94 bits per heavy atom. The van der Waals surface area contributed by atoms with Crippen LogP contribution in [0, 0.1) is 17.7 Å². The Bertz CT molecular complexity index is 1140. The molecule has 3 aliphatic carbocycles. The molecule has 3 aliphatic rings. The van der Waals surface area contributed by atoms with Gasteiger partial charge in [-0.2, -0.15) is 0 Å². The zero-order valence-electron chi connectivity index (χ0n) is 17.4. The van der Waals surface area contributed by atoms with Crippen molar-refractivity contribution in [3.8, 4) is 5.75 Å². The van der Waals surface area contributed by atoms with Crippen molar-refractivity contribution in [1.82, 2.24) is 4.90 Å². The fourth-order valence-corrected chi connectivity index (χ4v) is 5.32. The monoisotopic (exact) mass is 446 g/mol. The molecule has 0 unspecified atom stereocenters. The van der Waals surface area contributed by atoms with Crippen molar-refractivity contribution in [2.45, 2.75) is 31.4 Å². The van der Waals surface area contributed by atoms with Crippen LogP contribution in [-0.2, 0) is 16.0 Å². The number of allylic oxidation sites excluding steroid dienone is 1. The molecule has 1 aromatic rings. The molecule has 10 heteroatoms. The second-order valence-electron chi connectivity index (χ2n) is 8.49. The molecule has 0 saturated carbocycles. The predicted octanol–water partition coefficient (Wildman–Crippen LogP) is 0.650. The molecule has 9 nitrogen and oxygen atoms in total. The van der Waals surface area contributed by atoms with Gasteiger partial charge in [0.25, 0.3) is 5.91 Å².